The van der Waals surface area contributed by atoms with Crippen LogP contribution in [-0.2, 0) is 6.54 Å². The number of halogens is 3. The van der Waals surface area contributed by atoms with E-state index in [1.165, 1.54) is 12.0 Å². The molecule has 12 heteroatoms. The van der Waals surface area contributed by atoms with Crippen molar-refractivity contribution in [2.75, 3.05) is 14.2 Å². The first-order chi connectivity index (χ1) is 19.7. The molecule has 0 aliphatic heterocycles. The van der Waals surface area contributed by atoms with E-state index in [9.17, 15) is 23.5 Å². The number of hydrogen-bond acceptors (Lipinski definition) is 6. The van der Waals surface area contributed by atoms with Gasteiger partial charge in [-0.25, -0.2) is 13.6 Å². The van der Waals surface area contributed by atoms with Crippen LogP contribution < -0.4 is 4.74 Å². The van der Waals surface area contributed by atoms with Gasteiger partial charge in [-0.05, 0) is 56.0 Å². The van der Waals surface area contributed by atoms with E-state index in [1.807, 2.05) is 12.1 Å². The van der Waals surface area contributed by atoms with Gasteiger partial charge in [-0.3, -0.25) is 14.8 Å². The molecular weight excluding hydrogens is 574 g/mol. The molecule has 1 N–H and O–H groups in total. The largest absolute Gasteiger partial charge is 0.496 e. The lowest BCUT2D eigenvalue weighted by Gasteiger charge is -2.39. The fourth-order valence-corrected chi connectivity index (χ4v) is 6.84. The Bertz CT molecular complexity index is 1590. The first-order valence-electron chi connectivity index (χ1n) is 13.0. The molecule has 0 unspecified atom stereocenters. The summed E-state index contributed by atoms with van der Waals surface area (Å²) >= 11 is 7.34. The Balaban J connectivity index is 1.54. The maximum Gasteiger partial charge on any atom is 0.407 e. The van der Waals surface area contributed by atoms with Crippen molar-refractivity contribution in [2.45, 2.75) is 44.3 Å². The van der Waals surface area contributed by atoms with Gasteiger partial charge in [0.2, 0.25) is 0 Å². The Labute approximate surface area is 244 Å². The summed E-state index contributed by atoms with van der Waals surface area (Å²) in [7, 11) is 3.08. The molecule has 214 valence electrons. The molecule has 5 rings (SSSR count). The maximum absolute atomic E-state index is 14.6. The third-order valence-corrected chi connectivity index (χ3v) is 9.25. The number of benzene rings is 2. The van der Waals surface area contributed by atoms with Crippen LogP contribution in [0.1, 0.15) is 40.9 Å². The van der Waals surface area contributed by atoms with Gasteiger partial charge in [0.1, 0.15) is 22.3 Å². The van der Waals surface area contributed by atoms with Crippen LogP contribution in [0.5, 0.6) is 5.75 Å². The van der Waals surface area contributed by atoms with Gasteiger partial charge in [-0.2, -0.15) is 0 Å². The lowest BCUT2D eigenvalue weighted by Crippen LogP contribution is -2.46. The number of aromatic nitrogens is 2. The molecule has 2 aromatic heterocycles. The van der Waals surface area contributed by atoms with Gasteiger partial charge >= 0.3 is 6.09 Å². The average Bonchev–Trinajstić information content (AvgIpc) is 3.35. The van der Waals surface area contributed by atoms with Crippen LogP contribution in [0.15, 0.2) is 48.9 Å². The first kappa shape index (κ1) is 28.7. The normalized spacial score (nSPS) is 16.9. The number of carboxylic acid groups (broad SMARTS) is 1. The van der Waals surface area contributed by atoms with E-state index in [2.05, 4.69) is 9.97 Å². The molecule has 2 heterocycles. The van der Waals surface area contributed by atoms with Crippen LogP contribution in [0.2, 0.25) is 5.02 Å². The summed E-state index contributed by atoms with van der Waals surface area (Å²) in [6.45, 7) is 0.121. The van der Waals surface area contributed by atoms with Crippen LogP contribution >= 0.6 is 22.9 Å². The zero-order valence-corrected chi connectivity index (χ0v) is 23.9. The van der Waals surface area contributed by atoms with Gasteiger partial charge < -0.3 is 19.6 Å². The number of methoxy groups -OCH3 is 1. The van der Waals surface area contributed by atoms with Gasteiger partial charge in [0, 0.05) is 49.2 Å². The highest BCUT2D eigenvalue weighted by atomic mass is 35.5. The molecule has 8 nitrogen and oxygen atoms in total. The number of amides is 2. The summed E-state index contributed by atoms with van der Waals surface area (Å²) in [6.07, 6.45) is 5.96. The predicted molar refractivity (Wildman–Crippen MR) is 152 cm³/mol. The van der Waals surface area contributed by atoms with Crippen molar-refractivity contribution >= 4 is 45.0 Å². The van der Waals surface area contributed by atoms with Crippen LogP contribution in [0.3, 0.4) is 0 Å². The Kier molecular flexibility index (Phi) is 8.37. The van der Waals surface area contributed by atoms with Crippen LogP contribution in [0.25, 0.3) is 21.3 Å². The van der Waals surface area contributed by atoms with Gasteiger partial charge in [0.25, 0.3) is 5.91 Å². The number of carbonyl (C=O) groups excluding carboxylic acids is 1. The van der Waals surface area contributed by atoms with E-state index >= 15 is 0 Å². The summed E-state index contributed by atoms with van der Waals surface area (Å²) in [5, 5.41) is 9.18. The number of fused-ring (bicyclic) bond motifs is 1. The second-order valence-electron chi connectivity index (χ2n) is 9.88. The van der Waals surface area contributed by atoms with Crippen molar-refractivity contribution in [3.63, 3.8) is 0 Å². The minimum atomic E-state index is -1.01. The number of thiophene rings is 1. The molecule has 2 aromatic carbocycles. The van der Waals surface area contributed by atoms with Crippen LogP contribution in [0, 0.1) is 11.6 Å². The fourth-order valence-electron chi connectivity index (χ4n) is 5.34. The maximum atomic E-state index is 14.6. The molecule has 1 aliphatic rings. The van der Waals surface area contributed by atoms with Crippen molar-refractivity contribution in [2.24, 2.45) is 0 Å². The summed E-state index contributed by atoms with van der Waals surface area (Å²) in [4.78, 5) is 37.2. The van der Waals surface area contributed by atoms with Crippen LogP contribution in [-0.4, -0.2) is 63.1 Å². The van der Waals surface area contributed by atoms with Gasteiger partial charge in [-0.15, -0.1) is 11.3 Å². The monoisotopic (exact) mass is 600 g/mol. The van der Waals surface area contributed by atoms with E-state index in [1.54, 1.807) is 36.6 Å². The smallest absolute Gasteiger partial charge is 0.407 e. The van der Waals surface area contributed by atoms with Crippen molar-refractivity contribution in [3.8, 4) is 17.0 Å². The Morgan fingerprint density at radius 2 is 1.80 bits per heavy atom. The SMILES string of the molecule is COc1ccc(-c2cnccn2)cc1CN(C(=O)c1sc2c(F)ccc(F)c2c1Cl)C1CCC(N(C)C(=O)O)CC1. The highest BCUT2D eigenvalue weighted by Crippen LogP contribution is 2.41. The highest BCUT2D eigenvalue weighted by Gasteiger charge is 2.34. The van der Waals surface area contributed by atoms with Crippen molar-refractivity contribution in [3.05, 3.63) is 76.0 Å². The molecule has 2 amide bonds. The fraction of sp³-hybridized carbons (Fsp3) is 0.310. The van der Waals surface area contributed by atoms with Crippen LogP contribution in [0.4, 0.5) is 13.6 Å². The third-order valence-electron chi connectivity index (χ3n) is 7.57. The van der Waals surface area contributed by atoms with E-state index < -0.39 is 23.6 Å². The van der Waals surface area contributed by atoms with Crippen molar-refractivity contribution < 1.29 is 28.2 Å². The van der Waals surface area contributed by atoms with Gasteiger partial charge in [-0.1, -0.05) is 11.6 Å². The quantitative estimate of drug-likeness (QED) is 0.249. The lowest BCUT2D eigenvalue weighted by molar-refractivity contribution is 0.0555. The summed E-state index contributed by atoms with van der Waals surface area (Å²) in [5.74, 6) is -1.27. The molecule has 1 aliphatic carbocycles. The highest BCUT2D eigenvalue weighted by molar-refractivity contribution is 7.21. The van der Waals surface area contributed by atoms with Crippen molar-refractivity contribution in [1.82, 2.24) is 19.8 Å². The predicted octanol–water partition coefficient (Wildman–Crippen LogP) is 6.86. The van der Waals surface area contributed by atoms with Crippen molar-refractivity contribution in [1.29, 1.82) is 0 Å². The molecule has 0 radical (unpaired) electrons. The second kappa shape index (κ2) is 12.0. The minimum Gasteiger partial charge on any atom is -0.496 e. The summed E-state index contributed by atoms with van der Waals surface area (Å²) in [6, 6.07) is 7.06. The molecule has 1 fully saturated rings. The zero-order chi connectivity index (χ0) is 29.3. The molecule has 0 saturated heterocycles. The second-order valence-corrected chi connectivity index (χ2v) is 11.3. The molecule has 41 heavy (non-hydrogen) atoms. The minimum absolute atomic E-state index is 0.0210. The topological polar surface area (TPSA) is 95.9 Å². The number of nitrogens with zero attached hydrogens (tertiary/aromatic N) is 4. The molecular formula is C29H27ClF2N4O4S. The summed E-state index contributed by atoms with van der Waals surface area (Å²) in [5.41, 5.74) is 2.12. The lowest BCUT2D eigenvalue weighted by atomic mass is 9.89. The number of rotatable bonds is 7. The number of hydrogen-bond donors (Lipinski definition) is 1. The molecule has 0 spiro atoms. The van der Waals surface area contributed by atoms with Gasteiger partial charge in [0.05, 0.1) is 34.1 Å². The standard InChI is InChI=1S/C29H27ClF2N4O4S/c1-35(29(38)39)18-4-6-19(7-5-18)36(28(37)27-25(30)24-20(31)8-9-21(32)26(24)41-27)15-17-13-16(3-10-23(17)40-2)22-14-33-11-12-34-22/h3,8-14,18-19H,4-7,15H2,1-2H3,(H,38,39). The Morgan fingerprint density at radius 1 is 1.10 bits per heavy atom. The van der Waals surface area contributed by atoms with E-state index in [0.717, 1.165) is 29.0 Å². The Morgan fingerprint density at radius 3 is 2.44 bits per heavy atom. The van der Waals surface area contributed by atoms with Gasteiger partial charge in [0.15, 0.2) is 0 Å². The number of carbonyl (C=O) groups is 2. The summed E-state index contributed by atoms with van der Waals surface area (Å²) < 4.78 is 34.8. The van der Waals surface area contributed by atoms with E-state index in [0.29, 0.717) is 42.7 Å². The Hall–Kier alpha value is -3.83. The van der Waals surface area contributed by atoms with E-state index in [-0.39, 0.29) is 38.6 Å². The molecule has 4 aromatic rings. The third kappa shape index (κ3) is 5.69. The van der Waals surface area contributed by atoms with E-state index in [4.69, 9.17) is 16.3 Å². The zero-order valence-electron chi connectivity index (χ0n) is 22.3. The molecule has 0 atom stereocenters. The average molecular weight is 601 g/mol. The molecule has 1 saturated carbocycles. The first-order valence-corrected chi connectivity index (χ1v) is 14.1. The molecule has 0 bridgehead atoms. The number of ether oxygens (including phenoxy) is 1.